The topological polar surface area (TPSA) is 48.1 Å². The molecule has 0 saturated carbocycles. The van der Waals surface area contributed by atoms with Crippen molar-refractivity contribution < 1.29 is 4.74 Å². The number of benzene rings is 1. The number of nitrogens with two attached hydrogens (primary N) is 1. The average molecular weight is 283 g/mol. The summed E-state index contributed by atoms with van der Waals surface area (Å²) in [7, 11) is 0. The Balaban J connectivity index is 2.17. The highest BCUT2D eigenvalue weighted by Gasteiger charge is 2.03. The minimum Gasteiger partial charge on any atom is -0.456 e. The zero-order valence-corrected chi connectivity index (χ0v) is 11.1. The van der Waals surface area contributed by atoms with Crippen LogP contribution in [0.4, 0.5) is 0 Å². The lowest BCUT2D eigenvalue weighted by Crippen LogP contribution is -2.03. The molecule has 0 amide bonds. The zero-order valence-electron chi connectivity index (χ0n) is 9.57. The number of rotatable bonds is 4. The van der Waals surface area contributed by atoms with Gasteiger partial charge in [-0.2, -0.15) is 0 Å². The van der Waals surface area contributed by atoms with E-state index in [9.17, 15) is 0 Å². The molecule has 0 unspecified atom stereocenters. The van der Waals surface area contributed by atoms with Gasteiger partial charge < -0.3 is 10.5 Å². The molecule has 0 spiro atoms. The lowest BCUT2D eigenvalue weighted by Gasteiger charge is -2.07. The number of aromatic nitrogens is 1. The predicted octanol–water partition coefficient (Wildman–Crippen LogP) is 3.68. The van der Waals surface area contributed by atoms with Gasteiger partial charge in [0.1, 0.15) is 11.5 Å². The molecule has 0 aliphatic rings. The van der Waals surface area contributed by atoms with E-state index in [0.717, 1.165) is 12.0 Å². The van der Waals surface area contributed by atoms with E-state index < -0.39 is 0 Å². The van der Waals surface area contributed by atoms with Crippen molar-refractivity contribution in [1.82, 2.24) is 4.98 Å². The van der Waals surface area contributed by atoms with Crippen molar-refractivity contribution >= 4 is 23.2 Å². The zero-order chi connectivity index (χ0) is 13.0. The van der Waals surface area contributed by atoms with Crippen molar-refractivity contribution in [2.45, 2.75) is 6.42 Å². The standard InChI is InChI=1S/C13H12Cl2N2O/c14-12-2-1-10(6-13(12)15)18-11-5-9(3-4-16)7-17-8-11/h1-2,5-8H,3-4,16H2. The molecule has 0 radical (unpaired) electrons. The van der Waals surface area contributed by atoms with Crippen molar-refractivity contribution in [2.24, 2.45) is 5.73 Å². The molecule has 0 saturated heterocycles. The monoisotopic (exact) mass is 282 g/mol. The van der Waals surface area contributed by atoms with Crippen LogP contribution in [-0.4, -0.2) is 11.5 Å². The number of hydrogen-bond acceptors (Lipinski definition) is 3. The van der Waals surface area contributed by atoms with Gasteiger partial charge in [-0.25, -0.2) is 0 Å². The Hall–Kier alpha value is -1.29. The second-order valence-electron chi connectivity index (χ2n) is 3.75. The van der Waals surface area contributed by atoms with E-state index in [4.69, 9.17) is 33.7 Å². The Morgan fingerprint density at radius 3 is 2.61 bits per heavy atom. The Bertz CT molecular complexity index is 546. The van der Waals surface area contributed by atoms with Gasteiger partial charge in [-0.05, 0) is 36.7 Å². The van der Waals surface area contributed by atoms with E-state index in [1.807, 2.05) is 6.07 Å². The van der Waals surface area contributed by atoms with E-state index in [2.05, 4.69) is 4.98 Å². The number of halogens is 2. The van der Waals surface area contributed by atoms with E-state index in [1.54, 1.807) is 30.6 Å². The first-order valence-corrected chi connectivity index (χ1v) is 6.21. The first kappa shape index (κ1) is 13.1. The molecule has 0 bridgehead atoms. The summed E-state index contributed by atoms with van der Waals surface area (Å²) >= 11 is 11.8. The van der Waals surface area contributed by atoms with E-state index >= 15 is 0 Å². The molecule has 2 N–H and O–H groups in total. The van der Waals surface area contributed by atoms with Gasteiger partial charge in [0.25, 0.3) is 0 Å². The van der Waals surface area contributed by atoms with Crippen LogP contribution in [0.5, 0.6) is 11.5 Å². The van der Waals surface area contributed by atoms with Crippen LogP contribution in [0.2, 0.25) is 10.0 Å². The van der Waals surface area contributed by atoms with Crippen molar-refractivity contribution in [1.29, 1.82) is 0 Å². The largest absolute Gasteiger partial charge is 0.456 e. The second kappa shape index (κ2) is 6.05. The highest BCUT2D eigenvalue weighted by molar-refractivity contribution is 6.42. The van der Waals surface area contributed by atoms with Crippen molar-refractivity contribution in [3.63, 3.8) is 0 Å². The molecule has 5 heteroatoms. The molecule has 1 aromatic heterocycles. The van der Waals surface area contributed by atoms with Crippen LogP contribution in [0.15, 0.2) is 36.7 Å². The number of nitrogens with zero attached hydrogens (tertiary/aromatic N) is 1. The molecule has 1 aromatic carbocycles. The van der Waals surface area contributed by atoms with Gasteiger partial charge in [0.05, 0.1) is 16.2 Å². The number of hydrogen-bond donors (Lipinski definition) is 1. The number of pyridine rings is 1. The maximum Gasteiger partial charge on any atom is 0.145 e. The quantitative estimate of drug-likeness (QED) is 0.931. The molecule has 0 aliphatic carbocycles. The maximum absolute atomic E-state index is 5.92. The summed E-state index contributed by atoms with van der Waals surface area (Å²) in [4.78, 5) is 4.10. The summed E-state index contributed by atoms with van der Waals surface area (Å²) in [6, 6.07) is 7.02. The molecule has 2 aromatic rings. The molecule has 1 heterocycles. The van der Waals surface area contributed by atoms with E-state index in [0.29, 0.717) is 28.1 Å². The Kier molecular flexibility index (Phi) is 4.42. The Labute approximate surface area is 115 Å². The van der Waals surface area contributed by atoms with Gasteiger partial charge >= 0.3 is 0 Å². The normalized spacial score (nSPS) is 10.4. The third kappa shape index (κ3) is 3.35. The SMILES string of the molecule is NCCc1cncc(Oc2ccc(Cl)c(Cl)c2)c1. The van der Waals surface area contributed by atoms with Gasteiger partial charge in [0.15, 0.2) is 0 Å². The summed E-state index contributed by atoms with van der Waals surface area (Å²) in [5, 5.41) is 0.958. The molecule has 94 valence electrons. The Morgan fingerprint density at radius 2 is 1.89 bits per heavy atom. The predicted molar refractivity (Wildman–Crippen MR) is 73.5 cm³/mol. The summed E-state index contributed by atoms with van der Waals surface area (Å²) in [5.41, 5.74) is 6.54. The fourth-order valence-corrected chi connectivity index (χ4v) is 1.79. The molecular formula is C13H12Cl2N2O. The van der Waals surface area contributed by atoms with Gasteiger partial charge in [-0.15, -0.1) is 0 Å². The van der Waals surface area contributed by atoms with E-state index in [1.165, 1.54) is 0 Å². The highest BCUT2D eigenvalue weighted by atomic mass is 35.5. The number of ether oxygens (including phenoxy) is 1. The van der Waals surface area contributed by atoms with E-state index in [-0.39, 0.29) is 0 Å². The molecule has 18 heavy (non-hydrogen) atoms. The van der Waals surface area contributed by atoms with Crippen LogP contribution in [0.3, 0.4) is 0 Å². The first-order chi connectivity index (χ1) is 8.69. The van der Waals surface area contributed by atoms with Crippen molar-refractivity contribution in [3.8, 4) is 11.5 Å². The first-order valence-electron chi connectivity index (χ1n) is 5.46. The van der Waals surface area contributed by atoms with Gasteiger partial charge in [0, 0.05) is 12.3 Å². The van der Waals surface area contributed by atoms with Gasteiger partial charge in [0.2, 0.25) is 0 Å². The minimum absolute atomic E-state index is 0.459. The molecule has 0 aliphatic heterocycles. The third-order valence-corrected chi connectivity index (χ3v) is 3.07. The molecule has 3 nitrogen and oxygen atoms in total. The van der Waals surface area contributed by atoms with Crippen LogP contribution < -0.4 is 10.5 Å². The molecule has 0 atom stereocenters. The molecule has 0 fully saturated rings. The Morgan fingerprint density at radius 1 is 1.06 bits per heavy atom. The van der Waals surface area contributed by atoms with Crippen molar-refractivity contribution in [3.05, 3.63) is 52.3 Å². The average Bonchev–Trinajstić information content (AvgIpc) is 2.35. The van der Waals surface area contributed by atoms with Crippen molar-refractivity contribution in [2.75, 3.05) is 6.54 Å². The highest BCUT2D eigenvalue weighted by Crippen LogP contribution is 2.29. The second-order valence-corrected chi connectivity index (χ2v) is 4.56. The third-order valence-electron chi connectivity index (χ3n) is 2.33. The lowest BCUT2D eigenvalue weighted by atomic mass is 10.2. The van der Waals surface area contributed by atoms with Crippen LogP contribution >= 0.6 is 23.2 Å². The summed E-state index contributed by atoms with van der Waals surface area (Å²) in [6.07, 6.45) is 4.18. The minimum atomic E-state index is 0.459. The smallest absolute Gasteiger partial charge is 0.145 e. The van der Waals surface area contributed by atoms with Crippen LogP contribution in [0.25, 0.3) is 0 Å². The lowest BCUT2D eigenvalue weighted by molar-refractivity contribution is 0.479. The van der Waals surface area contributed by atoms with Gasteiger partial charge in [-0.3, -0.25) is 4.98 Å². The van der Waals surface area contributed by atoms with Crippen LogP contribution in [0.1, 0.15) is 5.56 Å². The maximum atomic E-state index is 5.92. The summed E-state index contributed by atoms with van der Waals surface area (Å²) in [6.45, 7) is 0.581. The van der Waals surface area contributed by atoms with Gasteiger partial charge in [-0.1, -0.05) is 23.2 Å². The van der Waals surface area contributed by atoms with Crippen LogP contribution in [-0.2, 0) is 6.42 Å². The fourth-order valence-electron chi connectivity index (χ4n) is 1.50. The molecular weight excluding hydrogens is 271 g/mol. The summed E-state index contributed by atoms with van der Waals surface area (Å²) < 4.78 is 5.65. The van der Waals surface area contributed by atoms with Crippen LogP contribution in [0, 0.1) is 0 Å². The fraction of sp³-hybridized carbons (Fsp3) is 0.154. The summed E-state index contributed by atoms with van der Waals surface area (Å²) in [5.74, 6) is 1.27. The molecule has 2 rings (SSSR count).